The molecule has 30 heavy (non-hydrogen) atoms. The zero-order valence-electron chi connectivity index (χ0n) is 18.4. The zero-order chi connectivity index (χ0) is 21.9. The summed E-state index contributed by atoms with van der Waals surface area (Å²) in [5.41, 5.74) is 2.30. The largest absolute Gasteiger partial charge is 0.491 e. The molecule has 1 N–H and O–H groups in total. The lowest BCUT2D eigenvalue weighted by molar-refractivity contribution is -0.123. The van der Waals surface area contributed by atoms with Gasteiger partial charge >= 0.3 is 0 Å². The van der Waals surface area contributed by atoms with Crippen molar-refractivity contribution in [3.05, 3.63) is 59.7 Å². The Morgan fingerprint density at radius 2 is 1.43 bits per heavy atom. The molecular formula is C25H33NO4. The van der Waals surface area contributed by atoms with Gasteiger partial charge in [-0.15, -0.1) is 0 Å². The summed E-state index contributed by atoms with van der Waals surface area (Å²) in [6.07, 6.45) is 3.16. The van der Waals surface area contributed by atoms with Crippen molar-refractivity contribution in [2.24, 2.45) is 0 Å². The van der Waals surface area contributed by atoms with Crippen molar-refractivity contribution in [3.8, 4) is 11.5 Å². The van der Waals surface area contributed by atoms with E-state index in [1.807, 2.05) is 57.2 Å². The topological polar surface area (TPSA) is 64.6 Å². The number of aryl methyl sites for hydroxylation is 2. The monoisotopic (exact) mass is 411 g/mol. The van der Waals surface area contributed by atoms with Gasteiger partial charge in [0.05, 0.1) is 6.10 Å². The van der Waals surface area contributed by atoms with Gasteiger partial charge in [0.2, 0.25) is 0 Å². The van der Waals surface area contributed by atoms with Crippen molar-refractivity contribution in [3.63, 3.8) is 0 Å². The Bertz CT molecular complexity index is 797. The quantitative estimate of drug-likeness (QED) is 0.558. The summed E-state index contributed by atoms with van der Waals surface area (Å²) in [4.78, 5) is 23.2. The Balaban J connectivity index is 1.68. The molecule has 0 aliphatic rings. The Labute approximate surface area is 179 Å². The van der Waals surface area contributed by atoms with Crippen LogP contribution in [0.5, 0.6) is 11.5 Å². The van der Waals surface area contributed by atoms with E-state index in [0.29, 0.717) is 12.2 Å². The molecule has 0 aliphatic heterocycles. The van der Waals surface area contributed by atoms with Crippen LogP contribution in [-0.2, 0) is 22.4 Å². The van der Waals surface area contributed by atoms with Crippen molar-refractivity contribution < 1.29 is 19.1 Å². The predicted molar refractivity (Wildman–Crippen MR) is 119 cm³/mol. The molecule has 0 spiro atoms. The minimum Gasteiger partial charge on any atom is -0.491 e. The van der Waals surface area contributed by atoms with Gasteiger partial charge in [0.1, 0.15) is 17.3 Å². The number of nitrogens with one attached hydrogen (secondary N) is 1. The van der Waals surface area contributed by atoms with E-state index in [-0.39, 0.29) is 30.4 Å². The van der Waals surface area contributed by atoms with Crippen LogP contribution >= 0.6 is 0 Å². The Hall–Kier alpha value is -2.82. The number of Topliss-reactive ketones (excluding diaryl/α,β-unsaturated/α-hetero) is 1. The molecular weight excluding hydrogens is 378 g/mol. The highest BCUT2D eigenvalue weighted by Gasteiger charge is 2.09. The van der Waals surface area contributed by atoms with Crippen LogP contribution in [0, 0.1) is 0 Å². The van der Waals surface area contributed by atoms with Crippen molar-refractivity contribution in [2.45, 2.75) is 65.5 Å². The molecule has 1 atom stereocenters. The van der Waals surface area contributed by atoms with E-state index < -0.39 is 0 Å². The summed E-state index contributed by atoms with van der Waals surface area (Å²) < 4.78 is 11.2. The fourth-order valence-corrected chi connectivity index (χ4v) is 3.00. The van der Waals surface area contributed by atoms with Crippen molar-refractivity contribution in [1.29, 1.82) is 0 Å². The maximum absolute atomic E-state index is 12.1. The van der Waals surface area contributed by atoms with Gasteiger partial charge < -0.3 is 19.6 Å². The van der Waals surface area contributed by atoms with Gasteiger partial charge in [0, 0.05) is 12.5 Å². The first-order valence-corrected chi connectivity index (χ1v) is 10.6. The molecule has 0 radical (unpaired) electrons. The first kappa shape index (κ1) is 23.5. The summed E-state index contributed by atoms with van der Waals surface area (Å²) in [5.74, 6) is 1.56. The molecule has 1 amide bonds. The number of hydrogen-bond acceptors (Lipinski definition) is 4. The third-order valence-corrected chi connectivity index (χ3v) is 4.63. The Morgan fingerprint density at radius 3 is 2.00 bits per heavy atom. The highest BCUT2D eigenvalue weighted by molar-refractivity contribution is 5.77. The van der Waals surface area contributed by atoms with Crippen molar-refractivity contribution in [2.75, 3.05) is 6.61 Å². The number of ketones is 1. The van der Waals surface area contributed by atoms with Crippen LogP contribution < -0.4 is 14.8 Å². The van der Waals surface area contributed by atoms with Crippen LogP contribution in [0.15, 0.2) is 48.5 Å². The van der Waals surface area contributed by atoms with Gasteiger partial charge in [-0.3, -0.25) is 4.79 Å². The van der Waals surface area contributed by atoms with Gasteiger partial charge in [0.25, 0.3) is 5.91 Å². The lowest BCUT2D eigenvalue weighted by Gasteiger charge is -2.15. The second kappa shape index (κ2) is 12.0. The summed E-state index contributed by atoms with van der Waals surface area (Å²) >= 11 is 0. The smallest absolute Gasteiger partial charge is 0.258 e. The van der Waals surface area contributed by atoms with E-state index in [4.69, 9.17) is 9.47 Å². The highest BCUT2D eigenvalue weighted by Crippen LogP contribution is 2.16. The fraction of sp³-hybridized carbons (Fsp3) is 0.440. The Kier molecular flexibility index (Phi) is 9.39. The molecule has 5 nitrogen and oxygen atoms in total. The van der Waals surface area contributed by atoms with E-state index in [1.54, 1.807) is 6.92 Å². The SMILES string of the molecule is CC(=O)CCc1ccc(OCC(=O)NC(C)CCc2ccc(OC(C)C)cc2)cc1. The van der Waals surface area contributed by atoms with Gasteiger partial charge in [-0.05, 0) is 82.3 Å². The predicted octanol–water partition coefficient (Wildman–Crippen LogP) is 4.51. The van der Waals surface area contributed by atoms with Gasteiger partial charge in [0.15, 0.2) is 6.61 Å². The van der Waals surface area contributed by atoms with Gasteiger partial charge in [-0.25, -0.2) is 0 Å². The number of carbonyl (C=O) groups is 2. The van der Waals surface area contributed by atoms with Gasteiger partial charge in [-0.1, -0.05) is 24.3 Å². The third-order valence-electron chi connectivity index (χ3n) is 4.63. The summed E-state index contributed by atoms with van der Waals surface area (Å²) in [7, 11) is 0. The van der Waals surface area contributed by atoms with E-state index in [0.717, 1.165) is 30.6 Å². The molecule has 0 aliphatic carbocycles. The van der Waals surface area contributed by atoms with E-state index in [1.165, 1.54) is 5.56 Å². The normalized spacial score (nSPS) is 11.8. The molecule has 0 fully saturated rings. The molecule has 5 heteroatoms. The minimum absolute atomic E-state index is 0.0155. The maximum atomic E-state index is 12.1. The second-order valence-corrected chi connectivity index (χ2v) is 7.95. The average Bonchev–Trinajstić information content (AvgIpc) is 2.70. The Morgan fingerprint density at radius 1 is 0.867 bits per heavy atom. The number of hydrogen-bond donors (Lipinski definition) is 1. The van der Waals surface area contributed by atoms with Crippen LogP contribution in [0.1, 0.15) is 51.7 Å². The molecule has 0 bridgehead atoms. The van der Waals surface area contributed by atoms with E-state index in [9.17, 15) is 9.59 Å². The molecule has 2 rings (SSSR count). The molecule has 1 unspecified atom stereocenters. The highest BCUT2D eigenvalue weighted by atomic mass is 16.5. The first-order valence-electron chi connectivity index (χ1n) is 10.6. The average molecular weight is 412 g/mol. The number of amides is 1. The van der Waals surface area contributed by atoms with E-state index in [2.05, 4.69) is 17.4 Å². The number of carbonyl (C=O) groups excluding carboxylic acids is 2. The summed E-state index contributed by atoms with van der Waals surface area (Å²) in [6, 6.07) is 15.7. The summed E-state index contributed by atoms with van der Waals surface area (Å²) in [6.45, 7) is 7.59. The molecule has 2 aromatic rings. The van der Waals surface area contributed by atoms with Crippen molar-refractivity contribution in [1.82, 2.24) is 5.32 Å². The van der Waals surface area contributed by atoms with E-state index >= 15 is 0 Å². The maximum Gasteiger partial charge on any atom is 0.258 e. The fourth-order valence-electron chi connectivity index (χ4n) is 3.00. The zero-order valence-corrected chi connectivity index (χ0v) is 18.4. The number of ether oxygens (including phenoxy) is 2. The third kappa shape index (κ3) is 9.12. The van der Waals surface area contributed by atoms with Gasteiger partial charge in [-0.2, -0.15) is 0 Å². The van der Waals surface area contributed by atoms with Crippen LogP contribution in [0.3, 0.4) is 0 Å². The first-order chi connectivity index (χ1) is 14.3. The second-order valence-electron chi connectivity index (χ2n) is 7.95. The van der Waals surface area contributed by atoms with Crippen molar-refractivity contribution >= 4 is 11.7 Å². The van der Waals surface area contributed by atoms with Crippen LogP contribution in [-0.4, -0.2) is 30.4 Å². The molecule has 0 heterocycles. The number of rotatable bonds is 12. The lowest BCUT2D eigenvalue weighted by Crippen LogP contribution is -2.36. The molecule has 0 aromatic heterocycles. The molecule has 162 valence electrons. The van der Waals surface area contributed by atoms with Crippen LogP contribution in [0.2, 0.25) is 0 Å². The van der Waals surface area contributed by atoms with Crippen LogP contribution in [0.4, 0.5) is 0 Å². The molecule has 0 saturated carbocycles. The molecule has 2 aromatic carbocycles. The lowest BCUT2D eigenvalue weighted by atomic mass is 10.1. The number of benzene rings is 2. The summed E-state index contributed by atoms with van der Waals surface area (Å²) in [5, 5.41) is 2.98. The van der Waals surface area contributed by atoms with Crippen LogP contribution in [0.25, 0.3) is 0 Å². The minimum atomic E-state index is -0.135. The standard InChI is InChI=1S/C25H33NO4/c1-18(2)30-24-15-11-21(12-16-24)7-5-19(3)26-25(28)17-29-23-13-9-22(10-14-23)8-6-20(4)27/h9-16,18-19H,5-8,17H2,1-4H3,(H,26,28). The molecule has 0 saturated heterocycles.